The van der Waals surface area contributed by atoms with Crippen molar-refractivity contribution < 1.29 is 9.18 Å². The quantitative estimate of drug-likeness (QED) is 0.727. The molecule has 2 aromatic rings. The summed E-state index contributed by atoms with van der Waals surface area (Å²) in [6.45, 7) is 0.0690. The molecule has 7 heteroatoms. The van der Waals surface area contributed by atoms with E-state index in [9.17, 15) is 9.18 Å². The number of carbonyl (C=O) groups excluding carboxylic acids is 1. The van der Waals surface area contributed by atoms with Gasteiger partial charge in [-0.1, -0.05) is 0 Å². The minimum atomic E-state index is -0.423. The highest BCUT2D eigenvalue weighted by Gasteiger charge is 2.09. The van der Waals surface area contributed by atoms with Crippen LogP contribution < -0.4 is 11.1 Å². The normalized spacial score (nSPS) is 10.2. The number of benzene rings is 1. The van der Waals surface area contributed by atoms with Gasteiger partial charge in [0.1, 0.15) is 5.82 Å². The average molecular weight is 235 g/mol. The Balaban J connectivity index is 2.16. The monoisotopic (exact) mass is 235 g/mol. The smallest absolute Gasteiger partial charge is 0.277 e. The van der Waals surface area contributed by atoms with Crippen LogP contribution in [0.2, 0.25) is 0 Å². The van der Waals surface area contributed by atoms with Crippen LogP contribution in [0.4, 0.5) is 10.1 Å². The van der Waals surface area contributed by atoms with Gasteiger partial charge in [0.2, 0.25) is 0 Å². The van der Waals surface area contributed by atoms with E-state index in [4.69, 9.17) is 5.73 Å². The fourth-order valence-electron chi connectivity index (χ4n) is 1.32. The summed E-state index contributed by atoms with van der Waals surface area (Å²) in [6, 6.07) is 4.18. The first-order chi connectivity index (χ1) is 8.20. The number of H-pyrrole nitrogens is 1. The molecular weight excluding hydrogens is 225 g/mol. The van der Waals surface area contributed by atoms with Crippen LogP contribution in [0.25, 0.3) is 0 Å². The van der Waals surface area contributed by atoms with Crippen molar-refractivity contribution in [2.75, 3.05) is 5.32 Å². The summed E-state index contributed by atoms with van der Waals surface area (Å²) in [6.07, 6.45) is 1.29. The molecule has 0 unspecified atom stereocenters. The van der Waals surface area contributed by atoms with Crippen molar-refractivity contribution in [3.63, 3.8) is 0 Å². The molecule has 0 aliphatic carbocycles. The molecule has 4 N–H and O–H groups in total. The lowest BCUT2D eigenvalue weighted by molar-refractivity contribution is 0.102. The van der Waals surface area contributed by atoms with Gasteiger partial charge in [-0.2, -0.15) is 15.4 Å². The van der Waals surface area contributed by atoms with Crippen molar-refractivity contribution in [2.24, 2.45) is 5.73 Å². The Labute approximate surface area is 96.0 Å². The van der Waals surface area contributed by atoms with Crippen molar-refractivity contribution in [1.29, 1.82) is 0 Å². The summed E-state index contributed by atoms with van der Waals surface area (Å²) in [5, 5.41) is 12.0. The maximum absolute atomic E-state index is 13.2. The molecule has 1 aromatic carbocycles. The third kappa shape index (κ3) is 2.45. The lowest BCUT2D eigenvalue weighted by Gasteiger charge is -2.05. The number of anilines is 1. The van der Waals surface area contributed by atoms with Crippen LogP contribution in [-0.4, -0.2) is 21.3 Å². The number of hydrogen-bond acceptors (Lipinski definition) is 4. The average Bonchev–Trinajstić information content (AvgIpc) is 2.85. The van der Waals surface area contributed by atoms with Crippen LogP contribution in [0.3, 0.4) is 0 Å². The summed E-state index contributed by atoms with van der Waals surface area (Å²) < 4.78 is 13.2. The zero-order valence-corrected chi connectivity index (χ0v) is 8.77. The second-order valence-corrected chi connectivity index (χ2v) is 3.32. The number of nitrogens with two attached hydrogens (primary N) is 1. The summed E-state index contributed by atoms with van der Waals surface area (Å²) in [5.41, 5.74) is 6.32. The predicted molar refractivity (Wildman–Crippen MR) is 58.6 cm³/mol. The minimum Gasteiger partial charge on any atom is -0.326 e. The predicted octanol–water partition coefficient (Wildman–Crippen LogP) is 0.655. The van der Waals surface area contributed by atoms with Crippen LogP contribution in [0, 0.1) is 5.82 Å². The Bertz CT molecular complexity index is 525. The molecule has 0 atom stereocenters. The van der Waals surface area contributed by atoms with E-state index in [1.165, 1.54) is 24.4 Å². The molecule has 0 fully saturated rings. The van der Waals surface area contributed by atoms with Crippen LogP contribution in [0.1, 0.15) is 16.1 Å². The Hall–Kier alpha value is -2.28. The second kappa shape index (κ2) is 4.71. The number of hydrogen-bond donors (Lipinski definition) is 3. The molecule has 2 rings (SSSR count). The van der Waals surface area contributed by atoms with Gasteiger partial charge in [0.25, 0.3) is 5.91 Å². The molecule has 0 saturated carbocycles. The van der Waals surface area contributed by atoms with Gasteiger partial charge in [-0.25, -0.2) is 4.39 Å². The van der Waals surface area contributed by atoms with E-state index in [2.05, 4.69) is 20.7 Å². The van der Waals surface area contributed by atoms with Gasteiger partial charge in [0.15, 0.2) is 5.69 Å². The number of nitrogens with one attached hydrogen (secondary N) is 2. The molecule has 0 saturated heterocycles. The molecule has 0 aliphatic heterocycles. The number of halogens is 1. The third-order valence-corrected chi connectivity index (χ3v) is 2.17. The standard InChI is InChI=1S/C10H10FN5O/c11-8-2-1-7(3-6(8)4-12)14-10(17)9-5-13-16-15-9/h1-3,5H,4,12H2,(H,14,17)(H,13,15,16). The van der Waals surface area contributed by atoms with Gasteiger partial charge >= 0.3 is 0 Å². The van der Waals surface area contributed by atoms with E-state index in [-0.39, 0.29) is 12.2 Å². The van der Waals surface area contributed by atoms with E-state index < -0.39 is 11.7 Å². The number of carbonyl (C=O) groups is 1. The number of amides is 1. The highest BCUT2D eigenvalue weighted by Crippen LogP contribution is 2.14. The van der Waals surface area contributed by atoms with Gasteiger partial charge in [-0.05, 0) is 18.2 Å². The van der Waals surface area contributed by atoms with Gasteiger partial charge in [-0.3, -0.25) is 4.79 Å². The van der Waals surface area contributed by atoms with Crippen molar-refractivity contribution >= 4 is 11.6 Å². The Kier molecular flexibility index (Phi) is 3.10. The van der Waals surface area contributed by atoms with Gasteiger partial charge in [0, 0.05) is 17.8 Å². The molecule has 1 aromatic heterocycles. The van der Waals surface area contributed by atoms with Crippen molar-refractivity contribution in [3.8, 4) is 0 Å². The SMILES string of the molecule is NCc1cc(NC(=O)c2cn[nH]n2)ccc1F. The maximum Gasteiger partial charge on any atom is 0.277 e. The summed E-state index contributed by atoms with van der Waals surface area (Å²) in [7, 11) is 0. The van der Waals surface area contributed by atoms with Gasteiger partial charge in [0.05, 0.1) is 6.20 Å². The van der Waals surface area contributed by atoms with E-state index in [0.717, 1.165) is 0 Å². The largest absolute Gasteiger partial charge is 0.326 e. The minimum absolute atomic E-state index is 0.0690. The molecule has 17 heavy (non-hydrogen) atoms. The molecule has 6 nitrogen and oxygen atoms in total. The number of nitrogens with zero attached hydrogens (tertiary/aromatic N) is 2. The first-order valence-corrected chi connectivity index (χ1v) is 4.86. The number of aromatic amines is 1. The van der Waals surface area contributed by atoms with Gasteiger partial charge < -0.3 is 11.1 Å². The molecule has 1 amide bonds. The fourth-order valence-corrected chi connectivity index (χ4v) is 1.32. The van der Waals surface area contributed by atoms with Crippen LogP contribution in [0.5, 0.6) is 0 Å². The highest BCUT2D eigenvalue weighted by atomic mass is 19.1. The number of rotatable bonds is 3. The Morgan fingerprint density at radius 3 is 3.00 bits per heavy atom. The topological polar surface area (TPSA) is 96.7 Å². The van der Waals surface area contributed by atoms with E-state index in [1.807, 2.05) is 0 Å². The Morgan fingerprint density at radius 2 is 2.35 bits per heavy atom. The van der Waals surface area contributed by atoms with E-state index in [1.54, 1.807) is 0 Å². The van der Waals surface area contributed by atoms with Crippen LogP contribution >= 0.6 is 0 Å². The summed E-state index contributed by atoms with van der Waals surface area (Å²) >= 11 is 0. The lowest BCUT2D eigenvalue weighted by atomic mass is 10.2. The zero-order chi connectivity index (χ0) is 12.3. The zero-order valence-electron chi connectivity index (χ0n) is 8.77. The second-order valence-electron chi connectivity index (χ2n) is 3.32. The molecule has 0 spiro atoms. The van der Waals surface area contributed by atoms with Crippen LogP contribution in [0.15, 0.2) is 24.4 Å². The third-order valence-electron chi connectivity index (χ3n) is 2.17. The Morgan fingerprint density at radius 1 is 1.53 bits per heavy atom. The summed E-state index contributed by atoms with van der Waals surface area (Å²) in [4.78, 5) is 11.6. The molecule has 0 aliphatic rings. The van der Waals surface area contributed by atoms with Crippen molar-refractivity contribution in [2.45, 2.75) is 6.54 Å². The fraction of sp³-hybridized carbons (Fsp3) is 0.100. The van der Waals surface area contributed by atoms with E-state index >= 15 is 0 Å². The van der Waals surface area contributed by atoms with Crippen LogP contribution in [-0.2, 0) is 6.54 Å². The molecule has 0 radical (unpaired) electrons. The first kappa shape index (κ1) is 11.2. The molecule has 88 valence electrons. The highest BCUT2D eigenvalue weighted by molar-refractivity contribution is 6.02. The molecule has 1 heterocycles. The maximum atomic E-state index is 13.2. The van der Waals surface area contributed by atoms with Crippen molar-refractivity contribution in [1.82, 2.24) is 15.4 Å². The lowest BCUT2D eigenvalue weighted by Crippen LogP contribution is -2.13. The molecular formula is C10H10FN5O. The van der Waals surface area contributed by atoms with Gasteiger partial charge in [-0.15, -0.1) is 0 Å². The molecule has 0 bridgehead atoms. The van der Waals surface area contributed by atoms with Crippen molar-refractivity contribution in [3.05, 3.63) is 41.5 Å². The number of aromatic nitrogens is 3. The first-order valence-electron chi connectivity index (χ1n) is 4.86. The summed E-state index contributed by atoms with van der Waals surface area (Å²) in [5.74, 6) is -0.819. The van der Waals surface area contributed by atoms with E-state index in [0.29, 0.717) is 11.3 Å².